The van der Waals surface area contributed by atoms with Crippen molar-refractivity contribution in [3.63, 3.8) is 0 Å². The summed E-state index contributed by atoms with van der Waals surface area (Å²) in [7, 11) is 0. The summed E-state index contributed by atoms with van der Waals surface area (Å²) in [6.45, 7) is 8.28. The zero-order valence-corrected chi connectivity index (χ0v) is 10.4. The lowest BCUT2D eigenvalue weighted by molar-refractivity contribution is 0.0610. The Morgan fingerprint density at radius 1 is 1.50 bits per heavy atom. The highest BCUT2D eigenvalue weighted by Crippen LogP contribution is 2.28. The highest BCUT2D eigenvalue weighted by molar-refractivity contribution is 8.00. The van der Waals surface area contributed by atoms with E-state index in [1.54, 1.807) is 0 Å². The van der Waals surface area contributed by atoms with Crippen LogP contribution in [0.2, 0.25) is 0 Å². The lowest BCUT2D eigenvalue weighted by Gasteiger charge is -2.24. The minimum absolute atomic E-state index is 0.350. The minimum Gasteiger partial charge on any atom is -0.377 e. The summed E-state index contributed by atoms with van der Waals surface area (Å²) < 4.78 is 5.69. The molecule has 0 aromatic carbocycles. The SMILES string of the molecule is CCNC(COC(C)C)C1CCCS1. The van der Waals surface area contributed by atoms with Crippen molar-refractivity contribution in [3.05, 3.63) is 0 Å². The van der Waals surface area contributed by atoms with Crippen molar-refractivity contribution in [2.75, 3.05) is 18.9 Å². The molecule has 14 heavy (non-hydrogen) atoms. The summed E-state index contributed by atoms with van der Waals surface area (Å²) in [5.41, 5.74) is 0. The topological polar surface area (TPSA) is 21.3 Å². The van der Waals surface area contributed by atoms with Gasteiger partial charge in [0.05, 0.1) is 12.7 Å². The van der Waals surface area contributed by atoms with Crippen molar-refractivity contribution in [1.82, 2.24) is 5.32 Å². The summed E-state index contributed by atoms with van der Waals surface area (Å²) in [5.74, 6) is 1.33. The van der Waals surface area contributed by atoms with E-state index in [1.165, 1.54) is 18.6 Å². The Morgan fingerprint density at radius 2 is 2.29 bits per heavy atom. The third-order valence-corrected chi connectivity index (χ3v) is 4.01. The van der Waals surface area contributed by atoms with Crippen molar-refractivity contribution < 1.29 is 4.74 Å². The number of likely N-dealkylation sites (N-methyl/N-ethyl adjacent to an activating group) is 1. The highest BCUT2D eigenvalue weighted by atomic mass is 32.2. The maximum absolute atomic E-state index is 5.69. The molecule has 1 rings (SSSR count). The molecule has 0 spiro atoms. The Balaban J connectivity index is 2.29. The number of nitrogens with one attached hydrogen (secondary N) is 1. The molecule has 84 valence electrons. The van der Waals surface area contributed by atoms with Gasteiger partial charge in [-0.1, -0.05) is 6.92 Å². The maximum atomic E-state index is 5.69. The molecule has 0 aromatic rings. The molecule has 0 bridgehead atoms. The first-order valence-corrected chi connectivity index (χ1v) is 6.75. The molecule has 0 aliphatic carbocycles. The highest BCUT2D eigenvalue weighted by Gasteiger charge is 2.25. The second-order valence-corrected chi connectivity index (χ2v) is 5.44. The lowest BCUT2D eigenvalue weighted by Crippen LogP contribution is -2.41. The van der Waals surface area contributed by atoms with Crippen molar-refractivity contribution in [2.24, 2.45) is 0 Å². The predicted molar refractivity (Wildman–Crippen MR) is 64.0 cm³/mol. The van der Waals surface area contributed by atoms with Crippen LogP contribution in [0.1, 0.15) is 33.6 Å². The van der Waals surface area contributed by atoms with E-state index in [2.05, 4.69) is 37.8 Å². The standard InChI is InChI=1S/C11H23NOS/c1-4-12-10(8-13-9(2)3)11-6-5-7-14-11/h9-12H,4-8H2,1-3H3. The van der Waals surface area contributed by atoms with Crippen molar-refractivity contribution in [1.29, 1.82) is 0 Å². The fourth-order valence-electron chi connectivity index (χ4n) is 1.78. The summed E-state index contributed by atoms with van der Waals surface area (Å²) in [4.78, 5) is 0. The van der Waals surface area contributed by atoms with E-state index in [1.807, 2.05) is 0 Å². The van der Waals surface area contributed by atoms with Gasteiger partial charge in [0.2, 0.25) is 0 Å². The van der Waals surface area contributed by atoms with E-state index in [4.69, 9.17) is 4.74 Å². The average molecular weight is 217 g/mol. The largest absolute Gasteiger partial charge is 0.377 e. The Morgan fingerprint density at radius 3 is 2.79 bits per heavy atom. The Hall–Kier alpha value is 0.270. The second kappa shape index (κ2) is 6.70. The third-order valence-electron chi connectivity index (χ3n) is 2.49. The molecule has 0 amide bonds. The number of hydrogen-bond donors (Lipinski definition) is 1. The number of hydrogen-bond acceptors (Lipinski definition) is 3. The van der Waals surface area contributed by atoms with Crippen LogP contribution in [0, 0.1) is 0 Å². The fourth-order valence-corrected chi connectivity index (χ4v) is 3.15. The van der Waals surface area contributed by atoms with Gasteiger partial charge >= 0.3 is 0 Å². The van der Waals surface area contributed by atoms with Gasteiger partial charge in [0.1, 0.15) is 0 Å². The smallest absolute Gasteiger partial charge is 0.0633 e. The van der Waals surface area contributed by atoms with Crippen molar-refractivity contribution in [2.45, 2.75) is 51.0 Å². The van der Waals surface area contributed by atoms with Crippen LogP contribution in [0.4, 0.5) is 0 Å². The summed E-state index contributed by atoms with van der Waals surface area (Å²) in [6, 6.07) is 0.551. The molecule has 0 radical (unpaired) electrons. The molecule has 1 saturated heterocycles. The molecule has 0 aromatic heterocycles. The molecule has 1 heterocycles. The van der Waals surface area contributed by atoms with E-state index >= 15 is 0 Å². The number of thioether (sulfide) groups is 1. The molecule has 0 saturated carbocycles. The van der Waals surface area contributed by atoms with Crippen LogP contribution in [0.3, 0.4) is 0 Å². The molecule has 2 unspecified atom stereocenters. The van der Waals surface area contributed by atoms with Gasteiger partial charge in [-0.15, -0.1) is 0 Å². The van der Waals surface area contributed by atoms with Gasteiger partial charge in [-0.05, 0) is 39.0 Å². The van der Waals surface area contributed by atoms with E-state index in [9.17, 15) is 0 Å². The Labute approximate surface area is 92.2 Å². The summed E-state index contributed by atoms with van der Waals surface area (Å²) in [5, 5.41) is 4.31. The van der Waals surface area contributed by atoms with Gasteiger partial charge < -0.3 is 10.1 Å². The van der Waals surface area contributed by atoms with Crippen molar-refractivity contribution >= 4 is 11.8 Å². The van der Waals surface area contributed by atoms with Crippen LogP contribution in [0.15, 0.2) is 0 Å². The summed E-state index contributed by atoms with van der Waals surface area (Å²) >= 11 is 2.10. The molecule has 1 aliphatic rings. The molecule has 1 N–H and O–H groups in total. The van der Waals surface area contributed by atoms with E-state index in [-0.39, 0.29) is 0 Å². The van der Waals surface area contributed by atoms with Crippen LogP contribution in [-0.2, 0) is 4.74 Å². The molecular weight excluding hydrogens is 194 g/mol. The Bertz CT molecular complexity index is 146. The quantitative estimate of drug-likeness (QED) is 0.737. The summed E-state index contributed by atoms with van der Waals surface area (Å²) in [6.07, 6.45) is 3.07. The maximum Gasteiger partial charge on any atom is 0.0633 e. The monoisotopic (exact) mass is 217 g/mol. The number of ether oxygens (including phenoxy) is 1. The van der Waals surface area contributed by atoms with Crippen molar-refractivity contribution in [3.8, 4) is 0 Å². The minimum atomic E-state index is 0.350. The zero-order chi connectivity index (χ0) is 10.4. The second-order valence-electron chi connectivity index (χ2n) is 4.10. The first kappa shape index (κ1) is 12.3. The average Bonchev–Trinajstić information content (AvgIpc) is 2.64. The van der Waals surface area contributed by atoms with Gasteiger partial charge in [0.25, 0.3) is 0 Å². The molecule has 1 aliphatic heterocycles. The number of rotatable bonds is 6. The zero-order valence-electron chi connectivity index (χ0n) is 9.58. The van der Waals surface area contributed by atoms with E-state index in [0.29, 0.717) is 12.1 Å². The van der Waals surface area contributed by atoms with Gasteiger partial charge in [-0.3, -0.25) is 0 Å². The molecule has 3 heteroatoms. The van der Waals surface area contributed by atoms with E-state index < -0.39 is 0 Å². The fraction of sp³-hybridized carbons (Fsp3) is 1.00. The van der Waals surface area contributed by atoms with Gasteiger partial charge in [-0.2, -0.15) is 11.8 Å². The van der Waals surface area contributed by atoms with Crippen LogP contribution in [0.25, 0.3) is 0 Å². The predicted octanol–water partition coefficient (Wildman–Crippen LogP) is 2.29. The molecule has 2 atom stereocenters. The van der Waals surface area contributed by atoms with Crippen LogP contribution >= 0.6 is 11.8 Å². The van der Waals surface area contributed by atoms with E-state index in [0.717, 1.165) is 18.4 Å². The Kier molecular flexibility index (Phi) is 5.90. The third kappa shape index (κ3) is 4.20. The molecule has 2 nitrogen and oxygen atoms in total. The van der Waals surface area contributed by atoms with Crippen LogP contribution < -0.4 is 5.32 Å². The first-order valence-electron chi connectivity index (χ1n) is 5.70. The normalized spacial score (nSPS) is 24.4. The van der Waals surface area contributed by atoms with Crippen LogP contribution in [-0.4, -0.2) is 36.3 Å². The van der Waals surface area contributed by atoms with Crippen LogP contribution in [0.5, 0.6) is 0 Å². The molecular formula is C11H23NOS. The lowest BCUT2D eigenvalue weighted by atomic mass is 10.1. The van der Waals surface area contributed by atoms with Gasteiger partial charge in [0, 0.05) is 11.3 Å². The van der Waals surface area contributed by atoms with Gasteiger partial charge in [-0.25, -0.2) is 0 Å². The van der Waals surface area contributed by atoms with Gasteiger partial charge in [0.15, 0.2) is 0 Å². The first-order chi connectivity index (χ1) is 6.74. The molecule has 1 fully saturated rings.